The number of benzene rings is 2. The summed E-state index contributed by atoms with van der Waals surface area (Å²) in [4.78, 5) is 16.1. The summed E-state index contributed by atoms with van der Waals surface area (Å²) >= 11 is 1.72. The zero-order valence-corrected chi connectivity index (χ0v) is 18.6. The third-order valence-corrected chi connectivity index (χ3v) is 7.11. The molecule has 1 saturated heterocycles. The van der Waals surface area contributed by atoms with Crippen LogP contribution in [0.15, 0.2) is 64.4 Å². The van der Waals surface area contributed by atoms with Crippen molar-refractivity contribution in [3.8, 4) is 0 Å². The number of aliphatic hydroxyl groups is 3. The highest BCUT2D eigenvalue weighted by molar-refractivity contribution is 7.99. The molecule has 1 aliphatic rings. The van der Waals surface area contributed by atoms with E-state index in [2.05, 4.69) is 36.4 Å². The summed E-state index contributed by atoms with van der Waals surface area (Å²) in [7, 11) is 0. The zero-order valence-electron chi connectivity index (χ0n) is 17.8. The Morgan fingerprint density at radius 3 is 2.29 bits per heavy atom. The Morgan fingerprint density at radius 1 is 1.06 bits per heavy atom. The zero-order chi connectivity index (χ0) is 22.4. The Bertz CT molecular complexity index is 833. The van der Waals surface area contributed by atoms with E-state index in [9.17, 15) is 20.1 Å². The lowest BCUT2D eigenvalue weighted by Crippen LogP contribution is -2.49. The molecule has 6 nitrogen and oxygen atoms in total. The van der Waals surface area contributed by atoms with Gasteiger partial charge in [-0.1, -0.05) is 49.0 Å². The van der Waals surface area contributed by atoms with Gasteiger partial charge in [0.15, 0.2) is 0 Å². The molecule has 2 aromatic rings. The molecule has 5 atom stereocenters. The quantitative estimate of drug-likeness (QED) is 0.447. The molecule has 0 aliphatic carbocycles. The number of aryl methyl sites for hydroxylation is 1. The molecular formula is C24H32N2O4S. The van der Waals surface area contributed by atoms with Gasteiger partial charge in [-0.3, -0.25) is 9.69 Å². The van der Waals surface area contributed by atoms with Crippen LogP contribution in [0.4, 0.5) is 0 Å². The van der Waals surface area contributed by atoms with Gasteiger partial charge in [0.1, 0.15) is 0 Å². The smallest absolute Gasteiger partial charge is 0.222 e. The van der Waals surface area contributed by atoms with Gasteiger partial charge >= 0.3 is 0 Å². The molecule has 31 heavy (non-hydrogen) atoms. The minimum atomic E-state index is -1.11. The highest BCUT2D eigenvalue weighted by Crippen LogP contribution is 2.32. The van der Waals surface area contributed by atoms with Crippen molar-refractivity contribution in [1.29, 1.82) is 0 Å². The lowest BCUT2D eigenvalue weighted by atomic mass is 9.91. The van der Waals surface area contributed by atoms with Gasteiger partial charge in [0.05, 0.1) is 36.8 Å². The molecule has 0 aromatic heterocycles. The Balaban J connectivity index is 1.61. The summed E-state index contributed by atoms with van der Waals surface area (Å²) in [5.74, 6) is -1.07. The molecule has 168 valence electrons. The summed E-state index contributed by atoms with van der Waals surface area (Å²) in [5.41, 5.74) is 6.74. The van der Waals surface area contributed by atoms with Gasteiger partial charge in [0, 0.05) is 9.79 Å². The van der Waals surface area contributed by atoms with E-state index in [1.165, 1.54) is 15.4 Å². The monoisotopic (exact) mass is 444 g/mol. The molecule has 5 unspecified atom stereocenters. The maximum atomic E-state index is 11.9. The van der Waals surface area contributed by atoms with Gasteiger partial charge in [-0.2, -0.15) is 0 Å². The van der Waals surface area contributed by atoms with E-state index in [0.717, 1.165) is 12.8 Å². The molecule has 7 heteroatoms. The Hall–Kier alpha value is -1.90. The molecule has 0 bridgehead atoms. The van der Waals surface area contributed by atoms with Crippen LogP contribution in [0.1, 0.15) is 25.3 Å². The van der Waals surface area contributed by atoms with Crippen molar-refractivity contribution in [3.05, 3.63) is 60.2 Å². The van der Waals surface area contributed by atoms with E-state index in [4.69, 9.17) is 5.73 Å². The molecule has 3 rings (SSSR count). The van der Waals surface area contributed by atoms with Gasteiger partial charge in [0.25, 0.3) is 0 Å². The number of amides is 1. The van der Waals surface area contributed by atoms with Gasteiger partial charge in [0.2, 0.25) is 5.91 Å². The summed E-state index contributed by atoms with van der Waals surface area (Å²) in [5, 5.41) is 30.7. The summed E-state index contributed by atoms with van der Waals surface area (Å²) < 4.78 is 0. The second-order valence-corrected chi connectivity index (χ2v) is 9.19. The third kappa shape index (κ3) is 5.67. The standard InChI is InChI=1S/C24H32N2O4S/c1-2-19(24(25)30)21-23(29)22(28)20(15-27)26(21)14-6-7-16-10-12-18(13-11-16)31-17-8-4-3-5-9-17/h3-5,8-13,19-23,27-29H,2,6-7,14-15H2,1H3,(H2,25,30). The van der Waals surface area contributed by atoms with Crippen molar-refractivity contribution in [2.24, 2.45) is 11.7 Å². The molecule has 1 amide bonds. The largest absolute Gasteiger partial charge is 0.395 e. The maximum absolute atomic E-state index is 11.9. The highest BCUT2D eigenvalue weighted by atomic mass is 32.2. The number of aliphatic hydroxyl groups excluding tert-OH is 3. The first-order valence-electron chi connectivity index (χ1n) is 10.8. The van der Waals surface area contributed by atoms with E-state index in [-0.39, 0.29) is 6.61 Å². The SMILES string of the molecule is CCC(C(N)=O)C1C(O)C(O)C(CO)N1CCCc1ccc(Sc2ccccc2)cc1. The number of nitrogens with zero attached hydrogens (tertiary/aromatic N) is 1. The van der Waals surface area contributed by atoms with Crippen molar-refractivity contribution in [2.45, 2.75) is 60.3 Å². The highest BCUT2D eigenvalue weighted by Gasteiger charge is 2.50. The number of hydrogen-bond donors (Lipinski definition) is 4. The summed E-state index contributed by atoms with van der Waals surface area (Å²) in [6.07, 6.45) is -0.148. The Kier molecular flexibility index (Phi) is 8.51. The predicted octanol–water partition coefficient (Wildman–Crippen LogP) is 2.05. The van der Waals surface area contributed by atoms with Crippen molar-refractivity contribution < 1.29 is 20.1 Å². The lowest BCUT2D eigenvalue weighted by molar-refractivity contribution is -0.125. The van der Waals surface area contributed by atoms with E-state index >= 15 is 0 Å². The molecule has 5 N–H and O–H groups in total. The number of primary amides is 1. The van der Waals surface area contributed by atoms with Crippen LogP contribution in [0.5, 0.6) is 0 Å². The van der Waals surface area contributed by atoms with Gasteiger partial charge in [-0.05, 0) is 55.6 Å². The molecule has 1 aliphatic heterocycles. The number of carbonyl (C=O) groups excluding carboxylic acids is 1. The number of carbonyl (C=O) groups is 1. The number of nitrogens with two attached hydrogens (primary N) is 1. The fraction of sp³-hybridized carbons (Fsp3) is 0.458. The van der Waals surface area contributed by atoms with Crippen LogP contribution in [-0.4, -0.2) is 63.6 Å². The molecule has 0 saturated carbocycles. The van der Waals surface area contributed by atoms with Crippen LogP contribution in [0.3, 0.4) is 0 Å². The van der Waals surface area contributed by atoms with E-state index in [1.807, 2.05) is 30.0 Å². The Morgan fingerprint density at radius 2 is 1.71 bits per heavy atom. The minimum absolute atomic E-state index is 0.282. The van der Waals surface area contributed by atoms with Gasteiger partial charge in [-0.25, -0.2) is 0 Å². The van der Waals surface area contributed by atoms with Crippen LogP contribution in [-0.2, 0) is 11.2 Å². The molecule has 2 aromatic carbocycles. The average Bonchev–Trinajstić information content (AvgIpc) is 3.00. The lowest BCUT2D eigenvalue weighted by Gasteiger charge is -2.33. The minimum Gasteiger partial charge on any atom is -0.395 e. The number of rotatable bonds is 10. The third-order valence-electron chi connectivity index (χ3n) is 6.09. The van der Waals surface area contributed by atoms with E-state index in [1.54, 1.807) is 11.8 Å². The van der Waals surface area contributed by atoms with Crippen molar-refractivity contribution in [2.75, 3.05) is 13.2 Å². The topological polar surface area (TPSA) is 107 Å². The second kappa shape index (κ2) is 11.1. The van der Waals surface area contributed by atoms with Crippen LogP contribution >= 0.6 is 11.8 Å². The van der Waals surface area contributed by atoms with Crippen molar-refractivity contribution >= 4 is 17.7 Å². The number of hydrogen-bond acceptors (Lipinski definition) is 6. The average molecular weight is 445 g/mol. The fourth-order valence-electron chi connectivity index (χ4n) is 4.47. The normalized spacial score (nSPS) is 24.9. The van der Waals surface area contributed by atoms with Crippen molar-refractivity contribution in [3.63, 3.8) is 0 Å². The molecular weight excluding hydrogens is 412 g/mol. The van der Waals surface area contributed by atoms with E-state index < -0.39 is 36.1 Å². The second-order valence-electron chi connectivity index (χ2n) is 8.04. The molecule has 1 heterocycles. The fourth-order valence-corrected chi connectivity index (χ4v) is 5.30. The molecule has 0 spiro atoms. The van der Waals surface area contributed by atoms with Crippen molar-refractivity contribution in [1.82, 2.24) is 4.90 Å². The first-order chi connectivity index (χ1) is 15.0. The molecule has 1 fully saturated rings. The first kappa shape index (κ1) is 23.8. The Labute approximate surface area is 188 Å². The summed E-state index contributed by atoms with van der Waals surface area (Å²) in [6, 6.07) is 17.5. The first-order valence-corrected chi connectivity index (χ1v) is 11.6. The van der Waals surface area contributed by atoms with Crippen LogP contribution in [0.25, 0.3) is 0 Å². The van der Waals surface area contributed by atoms with Gasteiger partial charge < -0.3 is 21.1 Å². The van der Waals surface area contributed by atoms with Crippen LogP contribution in [0, 0.1) is 5.92 Å². The van der Waals surface area contributed by atoms with Crippen LogP contribution < -0.4 is 5.73 Å². The summed E-state index contributed by atoms with van der Waals surface area (Å²) in [6.45, 7) is 2.11. The predicted molar refractivity (Wildman–Crippen MR) is 122 cm³/mol. The maximum Gasteiger partial charge on any atom is 0.222 e. The van der Waals surface area contributed by atoms with E-state index in [0.29, 0.717) is 13.0 Å². The molecule has 0 radical (unpaired) electrons. The van der Waals surface area contributed by atoms with Gasteiger partial charge in [-0.15, -0.1) is 0 Å². The van der Waals surface area contributed by atoms with Crippen LogP contribution in [0.2, 0.25) is 0 Å². The number of likely N-dealkylation sites (tertiary alicyclic amines) is 1.